The van der Waals surface area contributed by atoms with Crippen LogP contribution in [0.4, 0.5) is 5.95 Å². The first-order valence-electron chi connectivity index (χ1n) is 8.58. The summed E-state index contributed by atoms with van der Waals surface area (Å²) < 4.78 is 5.50. The lowest BCUT2D eigenvalue weighted by Gasteiger charge is -2.25. The Morgan fingerprint density at radius 1 is 1.22 bits per heavy atom. The number of carbonyl (C=O) groups is 2. The van der Waals surface area contributed by atoms with E-state index in [0.717, 1.165) is 5.52 Å². The molecule has 138 valence electrons. The molecule has 3 heterocycles. The Morgan fingerprint density at radius 2 is 1.96 bits per heavy atom. The van der Waals surface area contributed by atoms with Crippen LogP contribution >= 0.6 is 0 Å². The van der Waals surface area contributed by atoms with Crippen LogP contribution in [-0.4, -0.2) is 26.8 Å². The fourth-order valence-corrected chi connectivity index (χ4v) is 3.23. The fourth-order valence-electron chi connectivity index (χ4n) is 3.23. The number of H-pyrrole nitrogens is 1. The van der Waals surface area contributed by atoms with Crippen molar-refractivity contribution in [2.24, 2.45) is 5.41 Å². The number of hydrogen-bond donors (Lipinski definition) is 2. The molecule has 0 saturated carbocycles. The quantitative estimate of drug-likeness (QED) is 0.738. The van der Waals surface area contributed by atoms with Crippen LogP contribution in [0.15, 0.2) is 58.4 Å². The van der Waals surface area contributed by atoms with Gasteiger partial charge in [-0.05, 0) is 24.3 Å². The molecule has 7 heteroatoms. The van der Waals surface area contributed by atoms with E-state index in [1.54, 1.807) is 32.9 Å². The topological polar surface area (TPSA) is 99.4 Å². The Bertz CT molecular complexity index is 1040. The van der Waals surface area contributed by atoms with Crippen molar-refractivity contribution in [1.29, 1.82) is 0 Å². The van der Waals surface area contributed by atoms with Gasteiger partial charge in [0, 0.05) is 5.41 Å². The van der Waals surface area contributed by atoms with Crippen LogP contribution < -0.4 is 4.90 Å². The van der Waals surface area contributed by atoms with Crippen LogP contribution in [0, 0.1) is 5.41 Å². The number of fused-ring (bicyclic) bond motifs is 1. The number of aromatic amines is 1. The SMILES string of the molecule is CC(C)(C)C(=O)C1=C(O)C(=O)N(c2nc3ccccc3[nH]2)C1c1ccco1. The first-order valence-corrected chi connectivity index (χ1v) is 8.58. The lowest BCUT2D eigenvalue weighted by Crippen LogP contribution is -2.33. The summed E-state index contributed by atoms with van der Waals surface area (Å²) in [4.78, 5) is 34.7. The molecular formula is C20H19N3O4. The summed E-state index contributed by atoms with van der Waals surface area (Å²) >= 11 is 0. The summed E-state index contributed by atoms with van der Waals surface area (Å²) in [5, 5.41) is 10.6. The van der Waals surface area contributed by atoms with Crippen molar-refractivity contribution in [3.05, 3.63) is 59.8 Å². The van der Waals surface area contributed by atoms with Crippen molar-refractivity contribution >= 4 is 28.7 Å². The summed E-state index contributed by atoms with van der Waals surface area (Å²) in [6, 6.07) is 9.79. The molecule has 0 spiro atoms. The van der Waals surface area contributed by atoms with Crippen LogP contribution in [0.25, 0.3) is 11.0 Å². The van der Waals surface area contributed by atoms with Gasteiger partial charge in [-0.3, -0.25) is 14.5 Å². The van der Waals surface area contributed by atoms with Crippen LogP contribution in [0.5, 0.6) is 0 Å². The van der Waals surface area contributed by atoms with E-state index in [-0.39, 0.29) is 17.3 Å². The highest BCUT2D eigenvalue weighted by molar-refractivity contribution is 6.17. The molecule has 0 radical (unpaired) electrons. The van der Waals surface area contributed by atoms with E-state index in [1.807, 2.05) is 24.3 Å². The zero-order valence-corrected chi connectivity index (χ0v) is 15.2. The molecule has 0 bridgehead atoms. The summed E-state index contributed by atoms with van der Waals surface area (Å²) in [5.74, 6) is -0.973. The number of benzene rings is 1. The minimum Gasteiger partial charge on any atom is -0.503 e. The standard InChI is InChI=1S/C20H19N3O4/c1-20(2,3)17(25)14-15(13-9-6-10-27-13)23(18(26)16(14)24)19-21-11-7-4-5-8-12(11)22-19/h4-10,15,24H,1-3H3,(H,21,22). The minimum absolute atomic E-state index is 0.0166. The van der Waals surface area contributed by atoms with Gasteiger partial charge in [0.05, 0.1) is 22.9 Å². The monoisotopic (exact) mass is 365 g/mol. The highest BCUT2D eigenvalue weighted by atomic mass is 16.3. The Morgan fingerprint density at radius 3 is 2.59 bits per heavy atom. The van der Waals surface area contributed by atoms with Crippen LogP contribution in [0.1, 0.15) is 32.6 Å². The Labute approximate surface area is 155 Å². The second kappa shape index (κ2) is 5.84. The van der Waals surface area contributed by atoms with E-state index < -0.39 is 23.1 Å². The van der Waals surface area contributed by atoms with Gasteiger partial charge in [0.2, 0.25) is 5.95 Å². The van der Waals surface area contributed by atoms with Gasteiger partial charge in [0.25, 0.3) is 5.91 Å². The molecule has 1 aliphatic heterocycles. The zero-order chi connectivity index (χ0) is 19.3. The molecule has 3 aromatic rings. The Balaban J connectivity index is 1.89. The smallest absolute Gasteiger partial charge is 0.296 e. The first-order chi connectivity index (χ1) is 12.8. The molecule has 27 heavy (non-hydrogen) atoms. The predicted molar refractivity (Wildman–Crippen MR) is 99.1 cm³/mol. The molecule has 2 aromatic heterocycles. The van der Waals surface area contributed by atoms with Gasteiger partial charge in [-0.15, -0.1) is 0 Å². The third kappa shape index (κ3) is 2.63. The molecular weight excluding hydrogens is 346 g/mol. The van der Waals surface area contributed by atoms with Crippen molar-refractivity contribution in [3.8, 4) is 0 Å². The molecule has 0 aliphatic carbocycles. The molecule has 1 aliphatic rings. The minimum atomic E-state index is -0.889. The van der Waals surface area contributed by atoms with Gasteiger partial charge in [-0.2, -0.15) is 0 Å². The van der Waals surface area contributed by atoms with Gasteiger partial charge in [-0.25, -0.2) is 4.98 Å². The number of aromatic nitrogens is 2. The first kappa shape index (κ1) is 17.1. The molecule has 2 N–H and O–H groups in total. The van der Waals surface area contributed by atoms with Crippen molar-refractivity contribution in [2.75, 3.05) is 4.90 Å². The lowest BCUT2D eigenvalue weighted by molar-refractivity contribution is -0.123. The third-order valence-corrected chi connectivity index (χ3v) is 4.55. The molecule has 0 saturated heterocycles. The maximum absolute atomic E-state index is 13.0. The number of para-hydroxylation sites is 2. The van der Waals surface area contributed by atoms with E-state index in [9.17, 15) is 14.7 Å². The number of aliphatic hydroxyl groups is 1. The lowest BCUT2D eigenvalue weighted by atomic mass is 9.83. The van der Waals surface area contributed by atoms with Crippen molar-refractivity contribution in [1.82, 2.24) is 9.97 Å². The normalized spacial score (nSPS) is 18.0. The molecule has 1 amide bonds. The van der Waals surface area contributed by atoms with E-state index in [0.29, 0.717) is 11.3 Å². The van der Waals surface area contributed by atoms with E-state index in [2.05, 4.69) is 9.97 Å². The van der Waals surface area contributed by atoms with Gasteiger partial charge >= 0.3 is 0 Å². The number of nitrogens with zero attached hydrogens (tertiary/aromatic N) is 2. The predicted octanol–water partition coefficient (Wildman–Crippen LogP) is 3.67. The van der Waals surface area contributed by atoms with Gasteiger partial charge in [0.15, 0.2) is 11.5 Å². The maximum atomic E-state index is 13.0. The summed E-state index contributed by atoms with van der Waals surface area (Å²) in [5.41, 5.74) is 0.656. The number of carbonyl (C=O) groups excluding carboxylic acids is 2. The average molecular weight is 365 g/mol. The van der Waals surface area contributed by atoms with Gasteiger partial charge in [0.1, 0.15) is 11.8 Å². The number of furan rings is 1. The maximum Gasteiger partial charge on any atom is 0.296 e. The number of hydrogen-bond acceptors (Lipinski definition) is 5. The molecule has 1 aromatic carbocycles. The fraction of sp³-hybridized carbons (Fsp3) is 0.250. The highest BCUT2D eigenvalue weighted by Gasteiger charge is 2.48. The highest BCUT2D eigenvalue weighted by Crippen LogP contribution is 2.42. The molecule has 4 rings (SSSR count). The average Bonchev–Trinajstić information content (AvgIpc) is 3.32. The Kier molecular flexibility index (Phi) is 3.69. The summed E-state index contributed by atoms with van der Waals surface area (Å²) in [6.07, 6.45) is 1.46. The third-order valence-electron chi connectivity index (χ3n) is 4.55. The van der Waals surface area contributed by atoms with Crippen LogP contribution in [0.3, 0.4) is 0 Å². The number of rotatable bonds is 3. The van der Waals surface area contributed by atoms with Crippen molar-refractivity contribution in [3.63, 3.8) is 0 Å². The number of anilines is 1. The van der Waals surface area contributed by atoms with E-state index in [1.165, 1.54) is 11.2 Å². The zero-order valence-electron chi connectivity index (χ0n) is 15.2. The number of ketones is 1. The Hall–Kier alpha value is -3.35. The number of imidazole rings is 1. The van der Waals surface area contributed by atoms with E-state index in [4.69, 9.17) is 4.42 Å². The van der Waals surface area contributed by atoms with Crippen LogP contribution in [-0.2, 0) is 9.59 Å². The van der Waals surface area contributed by atoms with Crippen molar-refractivity contribution in [2.45, 2.75) is 26.8 Å². The summed E-state index contributed by atoms with van der Waals surface area (Å²) in [6.45, 7) is 5.22. The number of amides is 1. The molecule has 0 fully saturated rings. The van der Waals surface area contributed by atoms with Gasteiger partial charge < -0.3 is 14.5 Å². The number of Topliss-reactive ketones (excluding diaryl/α,β-unsaturated/α-hetero) is 1. The number of aliphatic hydroxyl groups excluding tert-OH is 1. The molecule has 1 atom stereocenters. The van der Waals surface area contributed by atoms with Crippen LogP contribution in [0.2, 0.25) is 0 Å². The van der Waals surface area contributed by atoms with Gasteiger partial charge in [-0.1, -0.05) is 32.9 Å². The van der Waals surface area contributed by atoms with E-state index >= 15 is 0 Å². The van der Waals surface area contributed by atoms with Crippen molar-refractivity contribution < 1.29 is 19.1 Å². The second-order valence-corrected chi connectivity index (χ2v) is 7.51. The number of nitrogens with one attached hydrogen (secondary N) is 1. The largest absolute Gasteiger partial charge is 0.503 e. The second-order valence-electron chi connectivity index (χ2n) is 7.51. The molecule has 1 unspecified atom stereocenters. The molecule has 7 nitrogen and oxygen atoms in total. The summed E-state index contributed by atoms with van der Waals surface area (Å²) in [7, 11) is 0.